The molecule has 1 saturated heterocycles. The van der Waals surface area contributed by atoms with E-state index in [2.05, 4.69) is 42.6 Å². The number of aromatic amines is 1. The van der Waals surface area contributed by atoms with E-state index in [0.717, 1.165) is 39.1 Å². The van der Waals surface area contributed by atoms with Crippen LogP contribution in [0, 0.1) is 11.3 Å². The summed E-state index contributed by atoms with van der Waals surface area (Å²) < 4.78 is 0. The minimum atomic E-state index is -0.558. The molecule has 2 aromatic heterocycles. The number of benzene rings is 1. The number of fused-ring (bicyclic) bond motifs is 1. The second kappa shape index (κ2) is 10.6. The molecule has 3 heterocycles. The first-order valence-corrected chi connectivity index (χ1v) is 11.6. The highest BCUT2D eigenvalue weighted by Gasteiger charge is 2.15. The molecule has 0 aliphatic carbocycles. The van der Waals surface area contributed by atoms with E-state index >= 15 is 0 Å². The number of imidazole rings is 1. The number of aromatic nitrogens is 3. The summed E-state index contributed by atoms with van der Waals surface area (Å²) in [6, 6.07) is 9.16. The van der Waals surface area contributed by atoms with Crippen molar-refractivity contribution in [3.63, 3.8) is 0 Å². The lowest BCUT2D eigenvalue weighted by molar-refractivity contribution is 0.0376. The number of nitrogens with one attached hydrogen (secondary N) is 4. The molecule has 1 aromatic carbocycles. The van der Waals surface area contributed by atoms with Gasteiger partial charge in [0.05, 0.1) is 16.6 Å². The molecule has 34 heavy (non-hydrogen) atoms. The molecule has 0 radical (unpaired) electrons. The van der Waals surface area contributed by atoms with Crippen molar-refractivity contribution in [2.24, 2.45) is 5.92 Å². The zero-order valence-electron chi connectivity index (χ0n) is 19.9. The molecule has 4 rings (SSSR count). The first-order valence-electron chi connectivity index (χ1n) is 11.6. The molecule has 1 fully saturated rings. The maximum absolute atomic E-state index is 12.4. The Hall–Kier alpha value is -3.50. The SMILES string of the molecule is CCC(C)C(=N)NOC(=O)c1ccc2nc(Nc3cc(CN4CCN(C)CC4)ccn3)[nH]c2c1. The monoisotopic (exact) mass is 464 g/mol. The number of rotatable bonds is 7. The smallest absolute Gasteiger partial charge is 0.337 e. The molecule has 1 aliphatic heterocycles. The van der Waals surface area contributed by atoms with Crippen LogP contribution in [0.15, 0.2) is 36.5 Å². The van der Waals surface area contributed by atoms with Gasteiger partial charge in [0.25, 0.3) is 0 Å². The van der Waals surface area contributed by atoms with Crippen molar-refractivity contribution >= 4 is 34.6 Å². The van der Waals surface area contributed by atoms with E-state index in [1.807, 2.05) is 26.0 Å². The van der Waals surface area contributed by atoms with Gasteiger partial charge in [-0.3, -0.25) is 10.3 Å². The molecular formula is C24H32N8O2. The van der Waals surface area contributed by atoms with Crippen LogP contribution in [-0.2, 0) is 11.4 Å². The molecule has 0 spiro atoms. The summed E-state index contributed by atoms with van der Waals surface area (Å²) in [6.07, 6.45) is 2.58. The zero-order chi connectivity index (χ0) is 24.1. The number of piperazine rings is 1. The van der Waals surface area contributed by atoms with Crippen LogP contribution < -0.4 is 10.8 Å². The predicted molar refractivity (Wildman–Crippen MR) is 132 cm³/mol. The molecule has 10 heteroatoms. The van der Waals surface area contributed by atoms with Crippen molar-refractivity contribution in [3.05, 3.63) is 47.7 Å². The Morgan fingerprint density at radius 2 is 2.03 bits per heavy atom. The van der Waals surface area contributed by atoms with Crippen molar-refractivity contribution in [1.82, 2.24) is 30.2 Å². The Kier molecular flexibility index (Phi) is 7.39. The summed E-state index contributed by atoms with van der Waals surface area (Å²) in [5, 5.41) is 11.1. The predicted octanol–water partition coefficient (Wildman–Crippen LogP) is 3.13. The topological polar surface area (TPSA) is 122 Å². The lowest BCUT2D eigenvalue weighted by Crippen LogP contribution is -2.43. The number of carbonyl (C=O) groups excluding carboxylic acids is 1. The average molecular weight is 465 g/mol. The van der Waals surface area contributed by atoms with Crippen LogP contribution in [0.5, 0.6) is 0 Å². The summed E-state index contributed by atoms with van der Waals surface area (Å²) in [5.74, 6) is 0.856. The maximum atomic E-state index is 12.4. The fraction of sp³-hybridized carbons (Fsp3) is 0.417. The van der Waals surface area contributed by atoms with E-state index in [9.17, 15) is 4.79 Å². The van der Waals surface area contributed by atoms with Gasteiger partial charge in [0, 0.05) is 44.8 Å². The van der Waals surface area contributed by atoms with Crippen LogP contribution in [0.2, 0.25) is 0 Å². The third kappa shape index (κ3) is 5.89. The molecule has 0 saturated carbocycles. The van der Waals surface area contributed by atoms with Gasteiger partial charge in [-0.1, -0.05) is 13.8 Å². The standard InChI is InChI=1S/C24H32N8O2/c1-4-16(2)22(25)30-34-23(33)18-5-6-19-20(14-18)28-24(27-19)29-21-13-17(7-8-26-21)15-32-11-9-31(3)10-12-32/h5-8,13-14,16H,4,9-12,15H2,1-3H3,(H2,25,30)(H2,26,27,28,29). The number of likely N-dealkylation sites (N-methyl/N-ethyl adjacent to an activating group) is 1. The third-order valence-corrected chi connectivity index (χ3v) is 6.15. The van der Waals surface area contributed by atoms with Gasteiger partial charge in [0.1, 0.15) is 11.7 Å². The molecule has 1 unspecified atom stereocenters. The van der Waals surface area contributed by atoms with E-state index in [0.29, 0.717) is 28.4 Å². The highest BCUT2D eigenvalue weighted by atomic mass is 16.7. The van der Waals surface area contributed by atoms with Crippen LogP contribution in [0.1, 0.15) is 36.2 Å². The van der Waals surface area contributed by atoms with Crippen molar-refractivity contribution in [2.75, 3.05) is 38.5 Å². The van der Waals surface area contributed by atoms with Crippen LogP contribution in [0.4, 0.5) is 11.8 Å². The molecule has 180 valence electrons. The fourth-order valence-corrected chi connectivity index (χ4v) is 3.69. The third-order valence-electron chi connectivity index (χ3n) is 6.15. The molecule has 0 amide bonds. The molecular weight excluding hydrogens is 432 g/mol. The lowest BCUT2D eigenvalue weighted by Gasteiger charge is -2.32. The lowest BCUT2D eigenvalue weighted by atomic mass is 10.1. The molecule has 4 N–H and O–H groups in total. The summed E-state index contributed by atoms with van der Waals surface area (Å²) in [6.45, 7) is 9.04. The summed E-state index contributed by atoms with van der Waals surface area (Å²) in [4.78, 5) is 34.4. The van der Waals surface area contributed by atoms with Gasteiger partial charge in [-0.15, -0.1) is 0 Å². The average Bonchev–Trinajstić information content (AvgIpc) is 3.24. The van der Waals surface area contributed by atoms with Crippen molar-refractivity contribution in [3.8, 4) is 0 Å². The quantitative estimate of drug-likeness (QED) is 0.239. The summed E-state index contributed by atoms with van der Waals surface area (Å²) in [5.41, 5.74) is 5.40. The normalized spacial score (nSPS) is 15.7. The summed E-state index contributed by atoms with van der Waals surface area (Å²) in [7, 11) is 2.15. The fourth-order valence-electron chi connectivity index (χ4n) is 3.69. The highest BCUT2D eigenvalue weighted by molar-refractivity contribution is 5.95. The highest BCUT2D eigenvalue weighted by Crippen LogP contribution is 2.20. The summed E-state index contributed by atoms with van der Waals surface area (Å²) >= 11 is 0. The van der Waals surface area contributed by atoms with Crippen molar-refractivity contribution < 1.29 is 9.63 Å². The number of pyridine rings is 1. The largest absolute Gasteiger partial charge is 0.362 e. The number of nitrogens with zero attached hydrogens (tertiary/aromatic N) is 4. The zero-order valence-corrected chi connectivity index (χ0v) is 19.9. The minimum absolute atomic E-state index is 0.00908. The first-order chi connectivity index (χ1) is 16.4. The number of carbonyl (C=O) groups is 1. The van der Waals surface area contributed by atoms with Crippen LogP contribution in [0.25, 0.3) is 11.0 Å². The second-order valence-corrected chi connectivity index (χ2v) is 8.79. The van der Waals surface area contributed by atoms with E-state index in [-0.39, 0.29) is 11.8 Å². The number of hydroxylamine groups is 1. The Bertz CT molecular complexity index is 1150. The van der Waals surface area contributed by atoms with Crippen molar-refractivity contribution in [1.29, 1.82) is 5.41 Å². The number of hydrogen-bond acceptors (Lipinski definition) is 8. The van der Waals surface area contributed by atoms with Gasteiger partial charge in [-0.05, 0) is 49.4 Å². The van der Waals surface area contributed by atoms with E-state index < -0.39 is 5.97 Å². The molecule has 0 bridgehead atoms. The van der Waals surface area contributed by atoms with Gasteiger partial charge >= 0.3 is 5.97 Å². The van der Waals surface area contributed by atoms with Crippen LogP contribution in [0.3, 0.4) is 0 Å². The molecule has 1 atom stereocenters. The Balaban J connectivity index is 1.39. The number of H-pyrrole nitrogens is 1. The minimum Gasteiger partial charge on any atom is -0.337 e. The second-order valence-electron chi connectivity index (χ2n) is 8.79. The van der Waals surface area contributed by atoms with Gasteiger partial charge in [0.15, 0.2) is 0 Å². The Morgan fingerprint density at radius 3 is 2.79 bits per heavy atom. The van der Waals surface area contributed by atoms with Gasteiger partial charge < -0.3 is 20.0 Å². The number of anilines is 2. The van der Waals surface area contributed by atoms with Gasteiger partial charge in [-0.2, -0.15) is 0 Å². The number of hydrogen-bond donors (Lipinski definition) is 4. The van der Waals surface area contributed by atoms with Gasteiger partial charge in [0.2, 0.25) is 5.95 Å². The molecule has 3 aromatic rings. The van der Waals surface area contributed by atoms with Gasteiger partial charge in [-0.25, -0.2) is 20.2 Å². The maximum Gasteiger partial charge on any atom is 0.362 e. The Morgan fingerprint density at radius 1 is 1.24 bits per heavy atom. The van der Waals surface area contributed by atoms with E-state index in [4.69, 9.17) is 10.2 Å². The van der Waals surface area contributed by atoms with Crippen molar-refractivity contribution in [2.45, 2.75) is 26.8 Å². The molecule has 1 aliphatic rings. The van der Waals surface area contributed by atoms with Crippen LogP contribution >= 0.6 is 0 Å². The number of amidine groups is 1. The van der Waals surface area contributed by atoms with E-state index in [1.54, 1.807) is 24.4 Å². The van der Waals surface area contributed by atoms with Crippen LogP contribution in [-0.4, -0.2) is 69.8 Å². The molecule has 10 nitrogen and oxygen atoms in total. The Labute approximate surface area is 199 Å². The first kappa shape index (κ1) is 23.7. The van der Waals surface area contributed by atoms with E-state index in [1.165, 1.54) is 5.56 Å².